The number of thioether (sulfide) groups is 1. The van der Waals surface area contributed by atoms with Crippen LogP contribution in [0.1, 0.15) is 27.7 Å². The molecule has 1 aliphatic rings. The summed E-state index contributed by atoms with van der Waals surface area (Å²) in [5.74, 6) is 1.82. The minimum Gasteiger partial charge on any atom is -0.363 e. The summed E-state index contributed by atoms with van der Waals surface area (Å²) in [4.78, 5) is 4.60. The third kappa shape index (κ3) is 2.70. The quantitative estimate of drug-likeness (QED) is 0.714. The SMILES string of the molecule is CC(C)NC1=N[C@@H](C(C)C)CS1. The molecule has 1 N–H and O–H groups in total. The molecule has 70 valence electrons. The molecular formula is C9H18N2S. The fourth-order valence-electron chi connectivity index (χ4n) is 1.06. The molecule has 0 aromatic carbocycles. The highest BCUT2D eigenvalue weighted by Crippen LogP contribution is 2.21. The maximum atomic E-state index is 4.60. The van der Waals surface area contributed by atoms with Gasteiger partial charge in [-0.2, -0.15) is 0 Å². The van der Waals surface area contributed by atoms with E-state index in [9.17, 15) is 0 Å². The molecule has 1 heterocycles. The predicted molar refractivity (Wildman–Crippen MR) is 56.8 cm³/mol. The van der Waals surface area contributed by atoms with Crippen LogP contribution in [-0.4, -0.2) is 23.0 Å². The molecule has 1 aliphatic heterocycles. The molecule has 0 bridgehead atoms. The van der Waals surface area contributed by atoms with Crippen molar-refractivity contribution in [2.24, 2.45) is 10.9 Å². The van der Waals surface area contributed by atoms with Crippen molar-refractivity contribution >= 4 is 16.9 Å². The summed E-state index contributed by atoms with van der Waals surface area (Å²) < 4.78 is 0. The Morgan fingerprint density at radius 1 is 1.42 bits per heavy atom. The number of nitrogens with zero attached hydrogens (tertiary/aromatic N) is 1. The first-order chi connectivity index (χ1) is 5.59. The second-order valence-corrected chi connectivity index (χ2v) is 4.86. The first kappa shape index (κ1) is 9.90. The van der Waals surface area contributed by atoms with Crippen molar-refractivity contribution in [2.75, 3.05) is 5.75 Å². The standard InChI is InChI=1S/C9H18N2S/c1-6(2)8-5-12-9(11-8)10-7(3)4/h6-8H,5H2,1-4H3,(H,10,11)/t8-/m1/s1. The minimum atomic E-state index is 0.502. The lowest BCUT2D eigenvalue weighted by Crippen LogP contribution is -2.26. The molecule has 2 nitrogen and oxygen atoms in total. The lowest BCUT2D eigenvalue weighted by Gasteiger charge is -2.08. The molecular weight excluding hydrogens is 168 g/mol. The molecule has 0 aromatic rings. The van der Waals surface area contributed by atoms with Crippen LogP contribution < -0.4 is 5.32 Å². The van der Waals surface area contributed by atoms with Gasteiger partial charge in [0.25, 0.3) is 0 Å². The van der Waals surface area contributed by atoms with Crippen molar-refractivity contribution in [1.29, 1.82) is 0 Å². The summed E-state index contributed by atoms with van der Waals surface area (Å²) in [6.07, 6.45) is 0. The van der Waals surface area contributed by atoms with Gasteiger partial charge in [-0.1, -0.05) is 25.6 Å². The van der Waals surface area contributed by atoms with Crippen molar-refractivity contribution in [3.05, 3.63) is 0 Å². The van der Waals surface area contributed by atoms with E-state index in [1.54, 1.807) is 0 Å². The topological polar surface area (TPSA) is 24.4 Å². The third-order valence-corrected chi connectivity index (χ3v) is 2.86. The van der Waals surface area contributed by atoms with E-state index < -0.39 is 0 Å². The molecule has 0 spiro atoms. The highest BCUT2D eigenvalue weighted by atomic mass is 32.2. The van der Waals surface area contributed by atoms with E-state index in [1.165, 1.54) is 0 Å². The number of hydrogen-bond acceptors (Lipinski definition) is 3. The zero-order chi connectivity index (χ0) is 9.14. The van der Waals surface area contributed by atoms with Crippen molar-refractivity contribution in [3.63, 3.8) is 0 Å². The Labute approximate surface area is 79.2 Å². The average molecular weight is 186 g/mol. The maximum absolute atomic E-state index is 4.60. The highest BCUT2D eigenvalue weighted by Gasteiger charge is 2.20. The fraction of sp³-hybridized carbons (Fsp3) is 0.889. The van der Waals surface area contributed by atoms with Gasteiger partial charge in [0.05, 0.1) is 6.04 Å². The van der Waals surface area contributed by atoms with Gasteiger partial charge in [-0.05, 0) is 19.8 Å². The molecule has 0 unspecified atom stereocenters. The molecule has 1 rings (SSSR count). The molecule has 3 heteroatoms. The molecule has 0 aliphatic carbocycles. The van der Waals surface area contributed by atoms with Crippen molar-refractivity contribution in [2.45, 2.75) is 39.8 Å². The van der Waals surface area contributed by atoms with E-state index in [0.29, 0.717) is 18.0 Å². The third-order valence-electron chi connectivity index (χ3n) is 1.86. The van der Waals surface area contributed by atoms with Crippen LogP contribution in [-0.2, 0) is 0 Å². The molecule has 0 saturated heterocycles. The summed E-state index contributed by atoms with van der Waals surface area (Å²) >= 11 is 1.85. The van der Waals surface area contributed by atoms with Crippen LogP contribution in [0.25, 0.3) is 0 Å². The molecule has 0 aromatic heterocycles. The van der Waals surface area contributed by atoms with Gasteiger partial charge in [0.2, 0.25) is 0 Å². The Morgan fingerprint density at radius 3 is 2.50 bits per heavy atom. The lowest BCUT2D eigenvalue weighted by atomic mass is 10.1. The van der Waals surface area contributed by atoms with E-state index in [4.69, 9.17) is 0 Å². The molecule has 0 saturated carbocycles. The molecule has 0 fully saturated rings. The maximum Gasteiger partial charge on any atom is 0.157 e. The first-order valence-corrected chi connectivity index (χ1v) is 5.55. The normalized spacial score (nSPS) is 23.5. The van der Waals surface area contributed by atoms with Gasteiger partial charge in [0.15, 0.2) is 5.17 Å². The van der Waals surface area contributed by atoms with Gasteiger partial charge in [-0.15, -0.1) is 0 Å². The molecule has 12 heavy (non-hydrogen) atoms. The average Bonchev–Trinajstić information content (AvgIpc) is 2.34. The van der Waals surface area contributed by atoms with Crippen molar-refractivity contribution < 1.29 is 0 Å². The number of amidine groups is 1. The van der Waals surface area contributed by atoms with Crippen LogP contribution in [0.5, 0.6) is 0 Å². The zero-order valence-corrected chi connectivity index (χ0v) is 9.11. The van der Waals surface area contributed by atoms with E-state index >= 15 is 0 Å². The van der Waals surface area contributed by atoms with Gasteiger partial charge in [-0.3, -0.25) is 4.99 Å². The Hall–Kier alpha value is -0.180. The fourth-order valence-corrected chi connectivity index (χ4v) is 2.37. The Balaban J connectivity index is 2.43. The predicted octanol–water partition coefficient (Wildman–Crippen LogP) is 2.11. The summed E-state index contributed by atoms with van der Waals surface area (Å²) in [7, 11) is 0. The summed E-state index contributed by atoms with van der Waals surface area (Å²) in [6.45, 7) is 8.75. The van der Waals surface area contributed by atoms with Crippen LogP contribution >= 0.6 is 11.8 Å². The largest absolute Gasteiger partial charge is 0.363 e. The van der Waals surface area contributed by atoms with Gasteiger partial charge >= 0.3 is 0 Å². The highest BCUT2D eigenvalue weighted by molar-refractivity contribution is 8.14. The smallest absolute Gasteiger partial charge is 0.157 e. The molecule has 0 amide bonds. The van der Waals surface area contributed by atoms with Crippen molar-refractivity contribution in [3.8, 4) is 0 Å². The van der Waals surface area contributed by atoms with Crippen molar-refractivity contribution in [1.82, 2.24) is 5.32 Å². The number of rotatable bonds is 2. The van der Waals surface area contributed by atoms with Gasteiger partial charge in [-0.25, -0.2) is 0 Å². The van der Waals surface area contributed by atoms with Crippen LogP contribution in [0, 0.1) is 5.92 Å². The lowest BCUT2D eigenvalue weighted by molar-refractivity contribution is 0.541. The van der Waals surface area contributed by atoms with E-state index in [0.717, 1.165) is 10.9 Å². The monoisotopic (exact) mass is 186 g/mol. The summed E-state index contributed by atoms with van der Waals surface area (Å²) in [5.41, 5.74) is 0. The zero-order valence-electron chi connectivity index (χ0n) is 8.29. The van der Waals surface area contributed by atoms with Crippen LogP contribution in [0.15, 0.2) is 4.99 Å². The van der Waals surface area contributed by atoms with E-state index in [1.807, 2.05) is 11.8 Å². The molecule has 1 atom stereocenters. The Morgan fingerprint density at radius 2 is 2.08 bits per heavy atom. The van der Waals surface area contributed by atoms with Gasteiger partial charge in [0, 0.05) is 11.8 Å². The second kappa shape index (κ2) is 4.17. The summed E-state index contributed by atoms with van der Waals surface area (Å²) in [5, 5.41) is 4.47. The number of hydrogen-bond donors (Lipinski definition) is 1. The second-order valence-electron chi connectivity index (χ2n) is 3.86. The summed E-state index contributed by atoms with van der Waals surface area (Å²) in [6, 6.07) is 1.03. The van der Waals surface area contributed by atoms with Gasteiger partial charge < -0.3 is 5.32 Å². The van der Waals surface area contributed by atoms with E-state index in [-0.39, 0.29) is 0 Å². The number of nitrogens with one attached hydrogen (secondary N) is 1. The van der Waals surface area contributed by atoms with Crippen LogP contribution in [0.4, 0.5) is 0 Å². The van der Waals surface area contributed by atoms with Crippen LogP contribution in [0.3, 0.4) is 0 Å². The Bertz CT molecular complexity index is 175. The first-order valence-electron chi connectivity index (χ1n) is 4.56. The molecule has 0 radical (unpaired) electrons. The minimum absolute atomic E-state index is 0.502. The van der Waals surface area contributed by atoms with Gasteiger partial charge in [0.1, 0.15) is 0 Å². The number of aliphatic imine (C=N–C) groups is 1. The Kier molecular flexibility index (Phi) is 3.44. The van der Waals surface area contributed by atoms with E-state index in [2.05, 4.69) is 38.0 Å². The van der Waals surface area contributed by atoms with Crippen LogP contribution in [0.2, 0.25) is 0 Å².